The summed E-state index contributed by atoms with van der Waals surface area (Å²) in [5.41, 5.74) is 5.41. The van der Waals surface area contributed by atoms with Gasteiger partial charge in [0.05, 0.1) is 42.9 Å². The topological polar surface area (TPSA) is 91.3 Å². The molecule has 2 atom stereocenters. The van der Waals surface area contributed by atoms with Gasteiger partial charge < -0.3 is 19.2 Å². The van der Waals surface area contributed by atoms with Crippen molar-refractivity contribution in [1.29, 1.82) is 0 Å². The Morgan fingerprint density at radius 2 is 2.00 bits per heavy atom. The van der Waals surface area contributed by atoms with Gasteiger partial charge in [-0.25, -0.2) is 4.98 Å². The lowest BCUT2D eigenvalue weighted by atomic mass is 9.96. The van der Waals surface area contributed by atoms with Crippen molar-refractivity contribution in [3.8, 4) is 17.0 Å². The summed E-state index contributed by atoms with van der Waals surface area (Å²) in [7, 11) is 3.28. The Hall–Kier alpha value is -3.23. The summed E-state index contributed by atoms with van der Waals surface area (Å²) < 4.78 is 18.5. The van der Waals surface area contributed by atoms with Gasteiger partial charge >= 0.3 is 0 Å². The van der Waals surface area contributed by atoms with E-state index in [1.54, 1.807) is 26.6 Å². The van der Waals surface area contributed by atoms with Crippen LogP contribution in [0.15, 0.2) is 35.4 Å². The van der Waals surface area contributed by atoms with Gasteiger partial charge in [-0.1, -0.05) is 12.1 Å². The van der Waals surface area contributed by atoms with Crippen molar-refractivity contribution < 1.29 is 14.2 Å². The van der Waals surface area contributed by atoms with Crippen LogP contribution >= 0.6 is 0 Å². The largest absolute Gasteiger partial charge is 0.481 e. The molecule has 1 aliphatic rings. The molecule has 4 heterocycles. The molecule has 8 nitrogen and oxygen atoms in total. The number of ether oxygens (including phenoxy) is 3. The zero-order valence-electron chi connectivity index (χ0n) is 17.9. The van der Waals surface area contributed by atoms with E-state index in [-0.39, 0.29) is 17.7 Å². The van der Waals surface area contributed by atoms with Crippen molar-refractivity contribution in [2.45, 2.75) is 26.0 Å². The molecule has 1 aliphatic heterocycles. The molecule has 1 aromatic carbocycles. The van der Waals surface area contributed by atoms with Crippen LogP contribution in [0.2, 0.25) is 0 Å². The van der Waals surface area contributed by atoms with Crippen molar-refractivity contribution in [3.63, 3.8) is 0 Å². The number of fused-ring (bicyclic) bond motifs is 3. The van der Waals surface area contributed by atoms with E-state index < -0.39 is 0 Å². The molecular weight excluding hydrogens is 396 g/mol. The minimum absolute atomic E-state index is 0.0823. The van der Waals surface area contributed by atoms with Gasteiger partial charge in [0.2, 0.25) is 5.88 Å². The summed E-state index contributed by atoms with van der Waals surface area (Å²) in [4.78, 5) is 20.2. The summed E-state index contributed by atoms with van der Waals surface area (Å²) in [6, 6.07) is 6.01. The first kappa shape index (κ1) is 19.7. The number of methoxy groups -OCH3 is 2. The van der Waals surface area contributed by atoms with Crippen LogP contribution in [0.4, 0.5) is 0 Å². The molecule has 0 amide bonds. The molecule has 0 saturated carbocycles. The molecule has 3 aromatic heterocycles. The van der Waals surface area contributed by atoms with Gasteiger partial charge in [0.1, 0.15) is 12.1 Å². The highest BCUT2D eigenvalue weighted by atomic mass is 16.5. The third kappa shape index (κ3) is 3.02. The van der Waals surface area contributed by atoms with Crippen molar-refractivity contribution in [2.24, 2.45) is 0 Å². The highest BCUT2D eigenvalue weighted by molar-refractivity contribution is 6.04. The molecule has 160 valence electrons. The van der Waals surface area contributed by atoms with E-state index in [0.29, 0.717) is 24.5 Å². The van der Waals surface area contributed by atoms with Crippen LogP contribution in [0.25, 0.3) is 32.9 Å². The second-order valence-corrected chi connectivity index (χ2v) is 7.90. The maximum absolute atomic E-state index is 12.9. The van der Waals surface area contributed by atoms with Gasteiger partial charge in [0.25, 0.3) is 5.56 Å². The fourth-order valence-corrected chi connectivity index (χ4v) is 4.59. The second-order valence-electron chi connectivity index (χ2n) is 7.90. The van der Waals surface area contributed by atoms with Gasteiger partial charge in [0.15, 0.2) is 0 Å². The third-order valence-corrected chi connectivity index (χ3v) is 6.13. The molecule has 1 fully saturated rings. The Bertz CT molecular complexity index is 1360. The first-order valence-electron chi connectivity index (χ1n) is 10.2. The number of hydrogen-bond donors (Lipinski definition) is 1. The zero-order chi connectivity index (χ0) is 21.7. The van der Waals surface area contributed by atoms with Crippen LogP contribution in [-0.4, -0.2) is 53.3 Å². The van der Waals surface area contributed by atoms with Gasteiger partial charge in [-0.05, 0) is 36.6 Å². The van der Waals surface area contributed by atoms with E-state index in [4.69, 9.17) is 14.2 Å². The zero-order valence-corrected chi connectivity index (χ0v) is 17.9. The van der Waals surface area contributed by atoms with E-state index in [9.17, 15) is 4.79 Å². The molecule has 0 bridgehead atoms. The molecule has 0 unspecified atom stereocenters. The summed E-state index contributed by atoms with van der Waals surface area (Å²) in [5.74, 6) is 0.592. The molecule has 0 spiro atoms. The maximum Gasteiger partial charge on any atom is 0.259 e. The number of benzene rings is 1. The first-order valence-corrected chi connectivity index (χ1v) is 10.2. The number of aryl methyl sites for hydroxylation is 1. The molecule has 5 rings (SSSR count). The van der Waals surface area contributed by atoms with Crippen molar-refractivity contribution in [1.82, 2.24) is 19.7 Å². The van der Waals surface area contributed by atoms with Crippen LogP contribution in [0.3, 0.4) is 0 Å². The maximum atomic E-state index is 12.9. The number of aromatic nitrogens is 4. The highest BCUT2D eigenvalue weighted by Gasteiger charge is 2.32. The molecule has 0 aliphatic carbocycles. The lowest BCUT2D eigenvalue weighted by Gasteiger charge is -2.18. The van der Waals surface area contributed by atoms with Gasteiger partial charge in [0, 0.05) is 24.3 Å². The molecular formula is C23H24N4O4. The fourth-order valence-electron chi connectivity index (χ4n) is 4.59. The minimum Gasteiger partial charge on any atom is -0.481 e. The molecule has 1 N–H and O–H groups in total. The Morgan fingerprint density at radius 3 is 2.77 bits per heavy atom. The molecule has 31 heavy (non-hydrogen) atoms. The van der Waals surface area contributed by atoms with Crippen LogP contribution in [-0.2, 0) is 9.47 Å². The quantitative estimate of drug-likeness (QED) is 0.545. The Labute approximate surface area is 178 Å². The lowest BCUT2D eigenvalue weighted by molar-refractivity contribution is 0.0673. The highest BCUT2D eigenvalue weighted by Crippen LogP contribution is 2.35. The van der Waals surface area contributed by atoms with E-state index in [2.05, 4.69) is 21.1 Å². The summed E-state index contributed by atoms with van der Waals surface area (Å²) >= 11 is 0. The minimum atomic E-state index is -0.167. The number of pyridine rings is 2. The predicted octanol–water partition coefficient (Wildman–Crippen LogP) is 3.15. The number of H-pyrrole nitrogens is 1. The van der Waals surface area contributed by atoms with Crippen molar-refractivity contribution >= 4 is 21.8 Å². The predicted molar refractivity (Wildman–Crippen MR) is 118 cm³/mol. The Kier molecular flexibility index (Phi) is 4.75. The number of nitrogens with one attached hydrogen (secondary N) is 1. The van der Waals surface area contributed by atoms with Crippen LogP contribution in [0.1, 0.15) is 17.2 Å². The van der Waals surface area contributed by atoms with Crippen LogP contribution in [0, 0.1) is 13.8 Å². The lowest BCUT2D eigenvalue weighted by Crippen LogP contribution is -2.25. The van der Waals surface area contributed by atoms with Crippen LogP contribution < -0.4 is 10.3 Å². The number of rotatable bonds is 4. The third-order valence-electron chi connectivity index (χ3n) is 6.13. The fraction of sp³-hybridized carbons (Fsp3) is 0.348. The number of aromatic amines is 1. The molecule has 8 heteroatoms. The van der Waals surface area contributed by atoms with Crippen molar-refractivity contribution in [2.75, 3.05) is 27.4 Å². The smallest absolute Gasteiger partial charge is 0.259 e. The van der Waals surface area contributed by atoms with Gasteiger partial charge in [-0.2, -0.15) is 5.10 Å². The number of nitrogens with zero attached hydrogens (tertiary/aromatic N) is 3. The van der Waals surface area contributed by atoms with E-state index >= 15 is 0 Å². The summed E-state index contributed by atoms with van der Waals surface area (Å²) in [6.45, 7) is 5.02. The summed E-state index contributed by atoms with van der Waals surface area (Å²) in [6.07, 6.45) is 3.32. The Morgan fingerprint density at radius 1 is 1.16 bits per heavy atom. The summed E-state index contributed by atoms with van der Waals surface area (Å²) in [5, 5.41) is 6.01. The van der Waals surface area contributed by atoms with E-state index in [1.807, 2.05) is 30.7 Å². The normalized spacial score (nSPS) is 18.8. The molecule has 0 radical (unpaired) electrons. The van der Waals surface area contributed by atoms with E-state index in [1.165, 1.54) is 0 Å². The van der Waals surface area contributed by atoms with Crippen LogP contribution in [0.5, 0.6) is 5.88 Å². The standard InChI is InChI=1S/C23H24N4O4/c1-12-8-24-23(30-4)13(2)20(12)14-5-6-15-17(7-14)26-22(28)16-9-25-27(21(15)16)18-10-31-11-19(18)29-3/h5-9,18-19H,10-11H2,1-4H3,(H,26,28)/t18-,19-/m1/s1. The second kappa shape index (κ2) is 7.47. The van der Waals surface area contributed by atoms with Crippen molar-refractivity contribution in [3.05, 3.63) is 52.1 Å². The first-order chi connectivity index (χ1) is 15.0. The van der Waals surface area contributed by atoms with Gasteiger partial charge in [-0.3, -0.25) is 9.48 Å². The Balaban J connectivity index is 1.74. The number of hydrogen-bond acceptors (Lipinski definition) is 6. The SMILES string of the molecule is COc1ncc(C)c(-c2ccc3c(c2)[nH]c(=O)c2cnn([C@@H]4COC[C@H]4OC)c23)c1C. The van der Waals surface area contributed by atoms with Gasteiger partial charge in [-0.15, -0.1) is 0 Å². The monoisotopic (exact) mass is 420 g/mol. The average Bonchev–Trinajstić information content (AvgIpc) is 3.41. The average molecular weight is 420 g/mol. The molecule has 1 saturated heterocycles. The molecule has 4 aromatic rings. The van der Waals surface area contributed by atoms with E-state index in [0.717, 1.165) is 38.7 Å².